The van der Waals surface area contributed by atoms with E-state index in [-0.39, 0.29) is 16.6 Å². The molecular formula is C25H32N4O5S2. The Morgan fingerprint density at radius 1 is 1.19 bits per heavy atom. The maximum absolute atomic E-state index is 12.8. The van der Waals surface area contributed by atoms with Crippen molar-refractivity contribution in [3.8, 4) is 5.75 Å². The van der Waals surface area contributed by atoms with Crippen molar-refractivity contribution in [3.63, 3.8) is 0 Å². The summed E-state index contributed by atoms with van der Waals surface area (Å²) in [6, 6.07) is 11.0. The lowest BCUT2D eigenvalue weighted by atomic mass is 9.93. The molecule has 1 aromatic heterocycles. The van der Waals surface area contributed by atoms with Crippen LogP contribution in [0.4, 0.5) is 10.8 Å². The molecule has 0 bridgehead atoms. The van der Waals surface area contributed by atoms with Crippen molar-refractivity contribution in [3.05, 3.63) is 42.5 Å². The molecule has 0 aliphatic carbocycles. The van der Waals surface area contributed by atoms with Gasteiger partial charge in [-0.1, -0.05) is 11.3 Å². The maximum Gasteiger partial charge on any atom is 0.339 e. The number of benzene rings is 2. The summed E-state index contributed by atoms with van der Waals surface area (Å²) in [6.45, 7) is 5.70. The minimum absolute atomic E-state index is 0.0161. The van der Waals surface area contributed by atoms with Crippen LogP contribution in [0.3, 0.4) is 0 Å². The van der Waals surface area contributed by atoms with Crippen LogP contribution >= 0.6 is 11.3 Å². The first-order valence-electron chi connectivity index (χ1n) is 12.0. The molecule has 4 rings (SSSR count). The van der Waals surface area contributed by atoms with Crippen LogP contribution in [0.2, 0.25) is 0 Å². The van der Waals surface area contributed by atoms with Gasteiger partial charge in [0, 0.05) is 24.7 Å². The lowest BCUT2D eigenvalue weighted by molar-refractivity contribution is -0.116. The third-order valence-corrected chi connectivity index (χ3v) is 8.11. The number of rotatable bonds is 10. The highest BCUT2D eigenvalue weighted by atomic mass is 32.2. The lowest BCUT2D eigenvalue weighted by Crippen LogP contribution is -2.29. The number of nitrogens with one attached hydrogen (secondary N) is 3. The van der Waals surface area contributed by atoms with E-state index in [1.54, 1.807) is 44.2 Å². The molecule has 4 N–H and O–H groups in total. The summed E-state index contributed by atoms with van der Waals surface area (Å²) in [4.78, 5) is 16.8. The first-order chi connectivity index (χ1) is 17.1. The Morgan fingerprint density at radius 3 is 2.61 bits per heavy atom. The van der Waals surface area contributed by atoms with Crippen molar-refractivity contribution in [2.75, 3.05) is 30.3 Å². The van der Waals surface area contributed by atoms with Gasteiger partial charge in [-0.05, 0) is 88.5 Å². The summed E-state index contributed by atoms with van der Waals surface area (Å²) < 4.78 is 31.6. The SMILES string of the molecule is CC(C)(O)CNc1ccc(S(=O)(=O)Oc2ccc3nc(NC(=O)CCC4CCNCC4)sc3c2)cc1. The van der Waals surface area contributed by atoms with E-state index in [1.165, 1.54) is 23.5 Å². The molecular weight excluding hydrogens is 500 g/mol. The highest BCUT2D eigenvalue weighted by Gasteiger charge is 2.19. The normalized spacial score (nSPS) is 15.1. The van der Waals surface area contributed by atoms with Crippen LogP contribution in [0.5, 0.6) is 5.75 Å². The number of piperidine rings is 1. The molecule has 2 heterocycles. The Bertz CT molecular complexity index is 1290. The van der Waals surface area contributed by atoms with Crippen LogP contribution in [0.1, 0.15) is 39.5 Å². The van der Waals surface area contributed by atoms with Crippen molar-refractivity contribution in [1.29, 1.82) is 0 Å². The van der Waals surface area contributed by atoms with Gasteiger partial charge >= 0.3 is 10.1 Å². The molecule has 11 heteroatoms. The zero-order valence-electron chi connectivity index (χ0n) is 20.4. The molecule has 3 aromatic rings. The van der Waals surface area contributed by atoms with E-state index in [0.717, 1.165) is 32.4 Å². The van der Waals surface area contributed by atoms with E-state index >= 15 is 0 Å². The van der Waals surface area contributed by atoms with Crippen LogP contribution in [0.15, 0.2) is 47.4 Å². The second-order valence-corrected chi connectivity index (χ2v) is 12.2. The predicted molar refractivity (Wildman–Crippen MR) is 142 cm³/mol. The average molecular weight is 533 g/mol. The Hall–Kier alpha value is -2.73. The van der Waals surface area contributed by atoms with Gasteiger partial charge in [-0.3, -0.25) is 4.79 Å². The van der Waals surface area contributed by atoms with E-state index in [1.807, 2.05) is 0 Å². The van der Waals surface area contributed by atoms with Crippen LogP contribution in [0, 0.1) is 5.92 Å². The smallest absolute Gasteiger partial charge is 0.339 e. The van der Waals surface area contributed by atoms with E-state index < -0.39 is 15.7 Å². The first kappa shape index (κ1) is 26.3. The fraction of sp³-hybridized carbons (Fsp3) is 0.440. The number of carbonyl (C=O) groups is 1. The number of hydrogen-bond acceptors (Lipinski definition) is 9. The summed E-state index contributed by atoms with van der Waals surface area (Å²) in [5.41, 5.74) is 0.451. The molecule has 1 fully saturated rings. The van der Waals surface area contributed by atoms with Gasteiger partial charge in [-0.2, -0.15) is 8.42 Å². The van der Waals surface area contributed by atoms with Crippen LogP contribution in [-0.4, -0.2) is 49.7 Å². The zero-order chi connectivity index (χ0) is 25.8. The second kappa shape index (κ2) is 11.1. The van der Waals surface area contributed by atoms with Crippen molar-refractivity contribution < 1.29 is 22.5 Å². The summed E-state index contributed by atoms with van der Waals surface area (Å²) >= 11 is 1.28. The number of fused-ring (bicyclic) bond motifs is 1. The molecule has 1 saturated heterocycles. The van der Waals surface area contributed by atoms with Crippen molar-refractivity contribution >= 4 is 48.4 Å². The van der Waals surface area contributed by atoms with Gasteiger partial charge in [-0.15, -0.1) is 0 Å². The average Bonchev–Trinajstić information content (AvgIpc) is 3.23. The molecule has 1 aliphatic heterocycles. The van der Waals surface area contributed by atoms with Crippen molar-refractivity contribution in [1.82, 2.24) is 10.3 Å². The number of thiazole rings is 1. The highest BCUT2D eigenvalue weighted by Crippen LogP contribution is 2.31. The van der Waals surface area contributed by atoms with E-state index in [2.05, 4.69) is 20.9 Å². The van der Waals surface area contributed by atoms with Gasteiger partial charge in [-0.25, -0.2) is 4.98 Å². The molecule has 0 radical (unpaired) electrons. The number of amides is 1. The van der Waals surface area contributed by atoms with Crippen LogP contribution in [0.25, 0.3) is 10.2 Å². The standard InChI is InChI=1S/C25H32N4O5S2/c1-25(2,31)16-27-18-4-7-20(8-5-18)36(32,33)34-19-6-9-21-22(15-19)35-24(28-21)29-23(30)10-3-17-11-13-26-14-12-17/h4-9,15,17,26-27,31H,3,10-14,16H2,1-2H3,(H,28,29,30). The van der Waals surface area contributed by atoms with Gasteiger partial charge in [0.05, 0.1) is 15.8 Å². The third kappa shape index (κ3) is 7.39. The quantitative estimate of drug-likeness (QED) is 0.289. The maximum atomic E-state index is 12.8. The number of aromatic nitrogens is 1. The van der Waals surface area contributed by atoms with Crippen molar-refractivity contribution in [2.45, 2.75) is 50.0 Å². The summed E-state index contributed by atoms with van der Waals surface area (Å²) in [6.07, 6.45) is 3.52. The molecule has 0 unspecified atom stereocenters. The van der Waals surface area contributed by atoms with Gasteiger partial charge in [0.15, 0.2) is 5.13 Å². The highest BCUT2D eigenvalue weighted by molar-refractivity contribution is 7.87. The van der Waals surface area contributed by atoms with E-state index in [4.69, 9.17) is 4.18 Å². The lowest BCUT2D eigenvalue weighted by Gasteiger charge is -2.21. The van der Waals surface area contributed by atoms with Gasteiger partial charge in [0.2, 0.25) is 5.91 Å². The zero-order valence-corrected chi connectivity index (χ0v) is 22.0. The Morgan fingerprint density at radius 2 is 1.92 bits per heavy atom. The summed E-state index contributed by atoms with van der Waals surface area (Å²) in [5.74, 6) is 0.681. The van der Waals surface area contributed by atoms with Gasteiger partial charge in [0.25, 0.3) is 0 Å². The first-order valence-corrected chi connectivity index (χ1v) is 14.2. The number of aliphatic hydroxyl groups is 1. The topological polar surface area (TPSA) is 130 Å². The van der Waals surface area contributed by atoms with Gasteiger partial charge < -0.3 is 25.2 Å². The fourth-order valence-corrected chi connectivity index (χ4v) is 5.76. The Labute approximate surface area is 215 Å². The fourth-order valence-electron chi connectivity index (χ4n) is 3.93. The largest absolute Gasteiger partial charge is 0.389 e. The monoisotopic (exact) mass is 532 g/mol. The van der Waals surface area contributed by atoms with Gasteiger partial charge in [0.1, 0.15) is 10.6 Å². The Kier molecular flexibility index (Phi) is 8.13. The number of hydrogen-bond donors (Lipinski definition) is 4. The molecule has 1 amide bonds. The Balaban J connectivity index is 1.36. The summed E-state index contributed by atoms with van der Waals surface area (Å²) in [7, 11) is -4.04. The number of carbonyl (C=O) groups excluding carboxylic acids is 1. The minimum Gasteiger partial charge on any atom is -0.389 e. The van der Waals surface area contributed by atoms with Crippen LogP contribution < -0.4 is 20.1 Å². The second-order valence-electron chi connectivity index (χ2n) is 9.66. The molecule has 0 saturated carbocycles. The molecule has 0 spiro atoms. The summed E-state index contributed by atoms with van der Waals surface area (Å²) in [5, 5.41) is 19.5. The minimum atomic E-state index is -4.04. The predicted octanol–water partition coefficient (Wildman–Crippen LogP) is 3.97. The molecule has 194 valence electrons. The van der Waals surface area contributed by atoms with E-state index in [0.29, 0.717) is 39.9 Å². The van der Waals surface area contributed by atoms with E-state index in [9.17, 15) is 18.3 Å². The third-order valence-electron chi connectivity index (χ3n) is 5.92. The van der Waals surface area contributed by atoms with Crippen molar-refractivity contribution in [2.24, 2.45) is 5.92 Å². The molecule has 9 nitrogen and oxygen atoms in total. The molecule has 0 atom stereocenters. The van der Waals surface area contributed by atoms with Crippen LogP contribution in [-0.2, 0) is 14.9 Å². The molecule has 2 aromatic carbocycles. The molecule has 36 heavy (non-hydrogen) atoms. The molecule has 1 aliphatic rings. The number of nitrogens with zero attached hydrogens (tertiary/aromatic N) is 1. The number of anilines is 2.